The molecule has 2 aliphatic rings. The number of aryl methyl sites for hydroxylation is 2. The van der Waals surface area contributed by atoms with Crippen molar-refractivity contribution in [3.8, 4) is 22.5 Å². The molecule has 1 saturated carbocycles. The molecule has 7 nitrogen and oxygen atoms in total. The molecule has 0 amide bonds. The highest BCUT2D eigenvalue weighted by Crippen LogP contribution is 2.44. The van der Waals surface area contributed by atoms with Crippen LogP contribution in [-0.4, -0.2) is 30.2 Å². The van der Waals surface area contributed by atoms with Gasteiger partial charge in [-0.05, 0) is 73.1 Å². The maximum absolute atomic E-state index is 12.3. The summed E-state index contributed by atoms with van der Waals surface area (Å²) < 4.78 is 1.78. The van der Waals surface area contributed by atoms with Crippen LogP contribution < -0.4 is 5.56 Å². The lowest BCUT2D eigenvalue weighted by Crippen LogP contribution is -2.18. The number of tetrazole rings is 1. The predicted octanol–water partition coefficient (Wildman–Crippen LogP) is 4.43. The summed E-state index contributed by atoms with van der Waals surface area (Å²) in [4.78, 5) is 17.6. The van der Waals surface area contributed by atoms with E-state index in [1.807, 2.05) is 19.2 Å². The Kier molecular flexibility index (Phi) is 5.66. The van der Waals surface area contributed by atoms with Gasteiger partial charge < -0.3 is 4.57 Å². The van der Waals surface area contributed by atoms with Crippen LogP contribution in [0.25, 0.3) is 22.5 Å². The van der Waals surface area contributed by atoms with Crippen LogP contribution in [0.2, 0.25) is 0 Å². The van der Waals surface area contributed by atoms with E-state index in [-0.39, 0.29) is 5.56 Å². The molecule has 7 heteroatoms. The van der Waals surface area contributed by atoms with Gasteiger partial charge in [0.2, 0.25) is 0 Å². The molecule has 0 aromatic carbocycles. The molecule has 0 atom stereocenters. The van der Waals surface area contributed by atoms with Crippen molar-refractivity contribution in [1.82, 2.24) is 30.2 Å². The van der Waals surface area contributed by atoms with Crippen LogP contribution in [0, 0.1) is 0 Å². The van der Waals surface area contributed by atoms with Gasteiger partial charge in [-0.1, -0.05) is 25.7 Å². The van der Waals surface area contributed by atoms with Gasteiger partial charge in [0.05, 0.1) is 11.3 Å². The maximum Gasteiger partial charge on any atom is 0.250 e. The van der Waals surface area contributed by atoms with Crippen LogP contribution in [0.1, 0.15) is 81.2 Å². The van der Waals surface area contributed by atoms with Crippen LogP contribution in [0.15, 0.2) is 23.1 Å². The van der Waals surface area contributed by atoms with Crippen LogP contribution in [0.4, 0.5) is 0 Å². The minimum absolute atomic E-state index is 0.0294. The summed E-state index contributed by atoms with van der Waals surface area (Å²) in [6, 6.07) is 3.65. The fourth-order valence-electron chi connectivity index (χ4n) is 5.36. The van der Waals surface area contributed by atoms with E-state index >= 15 is 0 Å². The molecule has 3 aromatic rings. The van der Waals surface area contributed by atoms with Crippen molar-refractivity contribution in [2.75, 3.05) is 0 Å². The Labute approximate surface area is 182 Å². The average Bonchev–Trinajstić information content (AvgIpc) is 3.24. The third-order valence-electron chi connectivity index (χ3n) is 6.94. The molecule has 5 rings (SSSR count). The monoisotopic (exact) mass is 418 g/mol. The summed E-state index contributed by atoms with van der Waals surface area (Å²) in [5.74, 6) is 1.11. The molecule has 2 aliphatic carbocycles. The van der Waals surface area contributed by atoms with Gasteiger partial charge in [0.25, 0.3) is 5.56 Å². The van der Waals surface area contributed by atoms with E-state index in [1.54, 1.807) is 10.6 Å². The van der Waals surface area contributed by atoms with Crippen LogP contribution in [0.3, 0.4) is 0 Å². The number of rotatable bonds is 4. The molecule has 3 aromatic heterocycles. The fourth-order valence-corrected chi connectivity index (χ4v) is 5.36. The van der Waals surface area contributed by atoms with E-state index in [4.69, 9.17) is 4.98 Å². The number of hydrogen-bond acceptors (Lipinski definition) is 5. The first-order valence-corrected chi connectivity index (χ1v) is 11.8. The summed E-state index contributed by atoms with van der Waals surface area (Å²) in [5, 5.41) is 15.1. The summed E-state index contributed by atoms with van der Waals surface area (Å²) >= 11 is 0. The van der Waals surface area contributed by atoms with Crippen molar-refractivity contribution in [3.63, 3.8) is 0 Å². The Morgan fingerprint density at radius 2 is 1.84 bits per heavy atom. The number of fused-ring (bicyclic) bond motifs is 1. The van der Waals surface area contributed by atoms with Gasteiger partial charge >= 0.3 is 0 Å². The number of nitrogens with zero attached hydrogens (tertiary/aromatic N) is 5. The van der Waals surface area contributed by atoms with Gasteiger partial charge in [-0.3, -0.25) is 9.78 Å². The van der Waals surface area contributed by atoms with E-state index in [9.17, 15) is 4.79 Å². The van der Waals surface area contributed by atoms with E-state index in [1.165, 1.54) is 48.9 Å². The van der Waals surface area contributed by atoms with Gasteiger partial charge in [-0.15, -0.1) is 5.10 Å². The standard InChI is InChI=1S/C24H30N6O/c1-2-30-15-17(13-14-20(30)31)21-18-11-7-4-8-12-19(18)25-23(16-9-5-3-6-10-16)22(21)24-26-28-29-27-24/h13-16H,2-12H2,1H3,(H,26,27,28,29). The second-order valence-electron chi connectivity index (χ2n) is 8.86. The van der Waals surface area contributed by atoms with E-state index < -0.39 is 0 Å². The third-order valence-corrected chi connectivity index (χ3v) is 6.94. The number of aromatic nitrogens is 6. The van der Waals surface area contributed by atoms with Gasteiger partial charge in [0.1, 0.15) is 0 Å². The molecule has 0 radical (unpaired) electrons. The molecule has 0 unspecified atom stereocenters. The minimum atomic E-state index is 0.0294. The smallest absolute Gasteiger partial charge is 0.250 e. The Balaban J connectivity index is 1.82. The highest BCUT2D eigenvalue weighted by molar-refractivity contribution is 5.85. The number of pyridine rings is 2. The normalized spacial score (nSPS) is 17.3. The molecular formula is C24H30N6O. The summed E-state index contributed by atoms with van der Waals surface area (Å²) in [5.41, 5.74) is 6.99. The van der Waals surface area contributed by atoms with Gasteiger partial charge in [-0.25, -0.2) is 5.10 Å². The lowest BCUT2D eigenvalue weighted by Gasteiger charge is -2.27. The van der Waals surface area contributed by atoms with Gasteiger partial charge in [0, 0.05) is 36.0 Å². The van der Waals surface area contributed by atoms with Crippen molar-refractivity contribution in [2.24, 2.45) is 0 Å². The molecule has 162 valence electrons. The van der Waals surface area contributed by atoms with E-state index in [0.29, 0.717) is 18.3 Å². The average molecular weight is 419 g/mol. The number of H-pyrrole nitrogens is 1. The largest absolute Gasteiger partial charge is 0.315 e. The number of aromatic amines is 1. The molecular weight excluding hydrogens is 388 g/mol. The zero-order valence-electron chi connectivity index (χ0n) is 18.2. The highest BCUT2D eigenvalue weighted by atomic mass is 16.1. The van der Waals surface area contributed by atoms with Crippen molar-refractivity contribution < 1.29 is 0 Å². The first-order valence-electron chi connectivity index (χ1n) is 11.8. The topological polar surface area (TPSA) is 89.3 Å². The highest BCUT2D eigenvalue weighted by Gasteiger charge is 2.29. The number of hydrogen-bond donors (Lipinski definition) is 1. The van der Waals surface area contributed by atoms with Gasteiger partial charge in [0.15, 0.2) is 5.82 Å². The SMILES string of the molecule is CCn1cc(-c2c3c(nc(C4CCCCC4)c2-c2nnn[nH]2)CCCCC3)ccc1=O. The van der Waals surface area contributed by atoms with E-state index in [0.717, 1.165) is 48.9 Å². The van der Waals surface area contributed by atoms with Crippen LogP contribution in [-0.2, 0) is 19.4 Å². The predicted molar refractivity (Wildman–Crippen MR) is 120 cm³/mol. The minimum Gasteiger partial charge on any atom is -0.315 e. The van der Waals surface area contributed by atoms with Crippen molar-refractivity contribution >= 4 is 0 Å². The van der Waals surface area contributed by atoms with Crippen molar-refractivity contribution in [2.45, 2.75) is 83.6 Å². The molecule has 0 spiro atoms. The van der Waals surface area contributed by atoms with Crippen LogP contribution >= 0.6 is 0 Å². The summed E-state index contributed by atoms with van der Waals surface area (Å²) in [6.45, 7) is 2.65. The zero-order chi connectivity index (χ0) is 21.2. The second-order valence-corrected chi connectivity index (χ2v) is 8.86. The van der Waals surface area contributed by atoms with E-state index in [2.05, 4.69) is 20.6 Å². The Hall–Kier alpha value is -2.83. The Morgan fingerprint density at radius 1 is 1.03 bits per heavy atom. The maximum atomic E-state index is 12.3. The zero-order valence-corrected chi connectivity index (χ0v) is 18.2. The quantitative estimate of drug-likeness (QED) is 0.633. The first kappa shape index (κ1) is 20.1. The number of nitrogens with one attached hydrogen (secondary N) is 1. The summed E-state index contributed by atoms with van der Waals surface area (Å²) in [6.07, 6.45) is 13.7. The fraction of sp³-hybridized carbons (Fsp3) is 0.542. The Morgan fingerprint density at radius 3 is 2.61 bits per heavy atom. The third kappa shape index (κ3) is 3.82. The molecule has 0 bridgehead atoms. The molecule has 31 heavy (non-hydrogen) atoms. The van der Waals surface area contributed by atoms with Crippen molar-refractivity contribution in [3.05, 3.63) is 45.6 Å². The molecule has 1 fully saturated rings. The van der Waals surface area contributed by atoms with Crippen molar-refractivity contribution in [1.29, 1.82) is 0 Å². The molecule has 1 N–H and O–H groups in total. The lowest BCUT2D eigenvalue weighted by molar-refractivity contribution is 0.436. The lowest BCUT2D eigenvalue weighted by atomic mass is 9.81. The molecule has 3 heterocycles. The Bertz CT molecular complexity index is 1110. The second kappa shape index (κ2) is 8.73. The molecule has 0 aliphatic heterocycles. The molecule has 0 saturated heterocycles. The summed E-state index contributed by atoms with van der Waals surface area (Å²) in [7, 11) is 0. The first-order chi connectivity index (χ1) is 15.3. The van der Waals surface area contributed by atoms with Crippen LogP contribution in [0.5, 0.6) is 0 Å². The van der Waals surface area contributed by atoms with Gasteiger partial charge in [-0.2, -0.15) is 0 Å².